The highest BCUT2D eigenvalue weighted by molar-refractivity contribution is 7.17. The minimum absolute atomic E-state index is 0.682. The molecule has 0 bridgehead atoms. The lowest BCUT2D eigenvalue weighted by Crippen LogP contribution is -2.41. The van der Waals surface area contributed by atoms with Crippen LogP contribution in [-0.2, 0) is 6.42 Å². The fraction of sp³-hybridized carbons (Fsp3) is 0.500. The van der Waals surface area contributed by atoms with Gasteiger partial charge in [0.05, 0.1) is 0 Å². The Morgan fingerprint density at radius 2 is 2.22 bits per heavy atom. The first-order valence-electron chi connectivity index (χ1n) is 7.06. The molecule has 1 aromatic carbocycles. The lowest BCUT2D eigenvalue weighted by molar-refractivity contribution is 0.229. The Morgan fingerprint density at radius 1 is 1.33 bits per heavy atom. The number of thiophene rings is 1. The van der Waals surface area contributed by atoms with Crippen molar-refractivity contribution < 1.29 is 0 Å². The molecule has 0 radical (unpaired) electrons. The molecule has 2 heteroatoms. The van der Waals surface area contributed by atoms with Crippen molar-refractivity contribution in [1.29, 1.82) is 0 Å². The summed E-state index contributed by atoms with van der Waals surface area (Å²) in [6, 6.07) is 9.84. The van der Waals surface area contributed by atoms with Gasteiger partial charge in [0.25, 0.3) is 0 Å². The minimum Gasteiger partial charge on any atom is -0.314 e. The van der Waals surface area contributed by atoms with E-state index in [0.717, 1.165) is 12.5 Å². The fourth-order valence-corrected chi connectivity index (χ4v) is 3.74. The summed E-state index contributed by atoms with van der Waals surface area (Å²) in [6.45, 7) is 3.30. The molecule has 0 aliphatic heterocycles. The van der Waals surface area contributed by atoms with Crippen molar-refractivity contribution in [2.45, 2.75) is 38.6 Å². The highest BCUT2D eigenvalue weighted by Crippen LogP contribution is 2.31. The van der Waals surface area contributed by atoms with E-state index in [1.807, 2.05) is 11.3 Å². The Hall–Kier alpha value is -0.860. The molecule has 1 atom stereocenters. The van der Waals surface area contributed by atoms with Gasteiger partial charge in [-0.05, 0) is 60.2 Å². The van der Waals surface area contributed by atoms with E-state index >= 15 is 0 Å². The topological polar surface area (TPSA) is 12.0 Å². The van der Waals surface area contributed by atoms with Gasteiger partial charge in [-0.3, -0.25) is 0 Å². The maximum absolute atomic E-state index is 3.68. The number of likely N-dealkylation sites (N-methyl/N-ethyl adjacent to an activating group) is 1. The van der Waals surface area contributed by atoms with Gasteiger partial charge in [0, 0.05) is 10.7 Å². The summed E-state index contributed by atoms with van der Waals surface area (Å²) in [4.78, 5) is 0. The molecule has 3 rings (SSSR count). The van der Waals surface area contributed by atoms with Crippen molar-refractivity contribution in [3.8, 4) is 0 Å². The van der Waals surface area contributed by atoms with Crippen molar-refractivity contribution >= 4 is 21.4 Å². The smallest absolute Gasteiger partial charge is 0.0345 e. The van der Waals surface area contributed by atoms with Gasteiger partial charge in [-0.1, -0.05) is 25.5 Å². The van der Waals surface area contributed by atoms with Crippen molar-refractivity contribution in [2.24, 2.45) is 5.92 Å². The number of fused-ring (bicyclic) bond motifs is 1. The van der Waals surface area contributed by atoms with Gasteiger partial charge in [-0.15, -0.1) is 11.3 Å². The minimum atomic E-state index is 0.682. The number of hydrogen-bond donors (Lipinski definition) is 1. The number of rotatable bonds is 5. The Balaban J connectivity index is 1.75. The third kappa shape index (κ3) is 2.45. The highest BCUT2D eigenvalue weighted by Gasteiger charge is 2.26. The van der Waals surface area contributed by atoms with Crippen LogP contribution in [0.25, 0.3) is 10.1 Å². The van der Waals surface area contributed by atoms with Gasteiger partial charge < -0.3 is 5.32 Å². The highest BCUT2D eigenvalue weighted by atomic mass is 32.1. The van der Waals surface area contributed by atoms with Crippen LogP contribution in [-0.4, -0.2) is 12.6 Å². The van der Waals surface area contributed by atoms with E-state index in [9.17, 15) is 0 Å². The summed E-state index contributed by atoms with van der Waals surface area (Å²) in [6.07, 6.45) is 5.45. The largest absolute Gasteiger partial charge is 0.314 e. The van der Waals surface area contributed by atoms with E-state index in [2.05, 4.69) is 41.9 Å². The quantitative estimate of drug-likeness (QED) is 0.847. The van der Waals surface area contributed by atoms with Gasteiger partial charge in [0.15, 0.2) is 0 Å². The molecule has 1 unspecified atom stereocenters. The molecule has 1 heterocycles. The summed E-state index contributed by atoms with van der Waals surface area (Å²) in [5.74, 6) is 0.906. The van der Waals surface area contributed by atoms with Gasteiger partial charge >= 0.3 is 0 Å². The molecule has 0 amide bonds. The van der Waals surface area contributed by atoms with Crippen LogP contribution < -0.4 is 5.32 Å². The molecule has 1 nitrogen and oxygen atoms in total. The van der Waals surface area contributed by atoms with Crippen LogP contribution in [0.3, 0.4) is 0 Å². The van der Waals surface area contributed by atoms with Crippen LogP contribution >= 0.6 is 11.3 Å². The molecule has 0 spiro atoms. The van der Waals surface area contributed by atoms with Gasteiger partial charge in [-0.2, -0.15) is 0 Å². The van der Waals surface area contributed by atoms with Crippen LogP contribution in [0.5, 0.6) is 0 Å². The molecule has 1 aliphatic carbocycles. The maximum atomic E-state index is 3.68. The monoisotopic (exact) mass is 259 g/mol. The Morgan fingerprint density at radius 3 is 2.94 bits per heavy atom. The Kier molecular flexibility index (Phi) is 3.67. The Bertz CT molecular complexity index is 513. The van der Waals surface area contributed by atoms with Crippen LogP contribution in [0.1, 0.15) is 31.7 Å². The molecule has 1 aromatic heterocycles. The number of benzene rings is 1. The second-order valence-corrected chi connectivity index (χ2v) is 6.30. The van der Waals surface area contributed by atoms with Crippen molar-refractivity contribution in [3.63, 3.8) is 0 Å². The third-order valence-electron chi connectivity index (χ3n) is 4.16. The zero-order valence-electron chi connectivity index (χ0n) is 11.0. The molecule has 1 fully saturated rings. The molecule has 1 N–H and O–H groups in total. The fourth-order valence-electron chi connectivity index (χ4n) is 2.89. The van der Waals surface area contributed by atoms with Crippen LogP contribution in [0.15, 0.2) is 29.6 Å². The van der Waals surface area contributed by atoms with Crippen molar-refractivity contribution in [3.05, 3.63) is 35.2 Å². The first-order valence-corrected chi connectivity index (χ1v) is 7.94. The SMILES string of the molecule is CCNC(Cc1ccc2ccsc2c1)C1CCC1. The van der Waals surface area contributed by atoms with Crippen molar-refractivity contribution in [2.75, 3.05) is 6.54 Å². The summed E-state index contributed by atoms with van der Waals surface area (Å²) in [7, 11) is 0. The average molecular weight is 259 g/mol. The molecular formula is C16H21NS. The molecule has 0 saturated heterocycles. The van der Waals surface area contributed by atoms with Crippen LogP contribution in [0.2, 0.25) is 0 Å². The van der Waals surface area contributed by atoms with E-state index in [4.69, 9.17) is 0 Å². The zero-order chi connectivity index (χ0) is 12.4. The average Bonchev–Trinajstić information content (AvgIpc) is 2.74. The van der Waals surface area contributed by atoms with E-state index in [1.54, 1.807) is 0 Å². The Labute approximate surface area is 113 Å². The van der Waals surface area contributed by atoms with Crippen molar-refractivity contribution in [1.82, 2.24) is 5.32 Å². The third-order valence-corrected chi connectivity index (χ3v) is 5.04. The molecular weight excluding hydrogens is 238 g/mol. The maximum Gasteiger partial charge on any atom is 0.0345 e. The second-order valence-electron chi connectivity index (χ2n) is 5.35. The first kappa shape index (κ1) is 12.2. The van der Waals surface area contributed by atoms with E-state index in [1.165, 1.54) is 41.3 Å². The van der Waals surface area contributed by atoms with Crippen LogP contribution in [0.4, 0.5) is 0 Å². The molecule has 2 aromatic rings. The molecule has 18 heavy (non-hydrogen) atoms. The standard InChI is InChI=1S/C16H21NS/c1-2-17-15(13-4-3-5-13)10-12-6-7-14-8-9-18-16(14)11-12/h6-9,11,13,15,17H,2-5,10H2,1H3. The van der Waals surface area contributed by atoms with Gasteiger partial charge in [0.2, 0.25) is 0 Å². The van der Waals surface area contributed by atoms with Gasteiger partial charge in [0.1, 0.15) is 0 Å². The van der Waals surface area contributed by atoms with Gasteiger partial charge in [-0.25, -0.2) is 0 Å². The summed E-state index contributed by atoms with van der Waals surface area (Å²) in [5, 5.41) is 7.24. The summed E-state index contributed by atoms with van der Waals surface area (Å²) >= 11 is 1.85. The van der Waals surface area contributed by atoms with Crippen LogP contribution in [0, 0.1) is 5.92 Å². The zero-order valence-corrected chi connectivity index (χ0v) is 11.8. The molecule has 1 saturated carbocycles. The number of nitrogens with one attached hydrogen (secondary N) is 1. The number of hydrogen-bond acceptors (Lipinski definition) is 2. The van der Waals surface area contributed by atoms with E-state index in [-0.39, 0.29) is 0 Å². The summed E-state index contributed by atoms with van der Waals surface area (Å²) < 4.78 is 1.43. The second kappa shape index (κ2) is 5.41. The lowest BCUT2D eigenvalue weighted by atomic mass is 9.77. The lowest BCUT2D eigenvalue weighted by Gasteiger charge is -2.34. The normalized spacial score (nSPS) is 17.8. The predicted molar refractivity (Wildman–Crippen MR) is 80.3 cm³/mol. The molecule has 1 aliphatic rings. The molecule has 96 valence electrons. The predicted octanol–water partition coefficient (Wildman–Crippen LogP) is 4.22. The summed E-state index contributed by atoms with van der Waals surface area (Å²) in [5.41, 5.74) is 1.49. The van der Waals surface area contributed by atoms with E-state index in [0.29, 0.717) is 6.04 Å². The first-order chi connectivity index (χ1) is 8.86. The van der Waals surface area contributed by atoms with E-state index < -0.39 is 0 Å².